The van der Waals surface area contributed by atoms with Crippen molar-refractivity contribution in [2.75, 3.05) is 19.0 Å². The molecule has 5 rings (SSSR count). The molecule has 0 saturated carbocycles. The Kier molecular flexibility index (Phi) is 9.10. The van der Waals surface area contributed by atoms with Crippen LogP contribution < -0.4 is 10.6 Å². The summed E-state index contributed by atoms with van der Waals surface area (Å²) in [5, 5.41) is 6.93. The van der Waals surface area contributed by atoms with Gasteiger partial charge in [0.25, 0.3) is 0 Å². The minimum Gasteiger partial charge on any atom is -0.385 e. The number of aryl methyl sites for hydroxylation is 1. The van der Waals surface area contributed by atoms with Crippen molar-refractivity contribution in [1.82, 2.24) is 5.32 Å². The van der Waals surface area contributed by atoms with Gasteiger partial charge in [-0.15, -0.1) is 0 Å². The van der Waals surface area contributed by atoms with Crippen LogP contribution in [0.2, 0.25) is 35.7 Å². The molecule has 1 spiro atoms. The summed E-state index contributed by atoms with van der Waals surface area (Å²) in [6, 6.07) is 15.8. The molecule has 2 aliphatic rings. The average Bonchev–Trinajstić information content (AvgIpc) is 3.16. The fourth-order valence-electron chi connectivity index (χ4n) is 5.42. The summed E-state index contributed by atoms with van der Waals surface area (Å²) >= 11 is 12.7. The highest BCUT2D eigenvalue weighted by molar-refractivity contribution is 6.76. The maximum Gasteiger partial charge on any atom is 0.237 e. The summed E-state index contributed by atoms with van der Waals surface area (Å²) in [6.07, 6.45) is 0.492. The molecule has 2 heterocycles. The first-order valence-electron chi connectivity index (χ1n) is 13.3. The first-order chi connectivity index (χ1) is 18.9. The van der Waals surface area contributed by atoms with Crippen molar-refractivity contribution in [3.63, 3.8) is 0 Å². The lowest BCUT2D eigenvalue weighted by Crippen LogP contribution is -2.52. The number of amides is 2. The number of methoxy groups -OCH3 is 1. The number of piperidine rings is 1. The Bertz CT molecular complexity index is 1440. The van der Waals surface area contributed by atoms with Gasteiger partial charge in [-0.1, -0.05) is 61.0 Å². The van der Waals surface area contributed by atoms with Crippen LogP contribution in [-0.4, -0.2) is 33.6 Å². The Morgan fingerprint density at radius 1 is 1.02 bits per heavy atom. The molecule has 3 aromatic carbocycles. The molecule has 40 heavy (non-hydrogen) atoms. The standard InChI is InChI=1S/C25H19Cl2FN2O2.C6H16OSi/c1-13-5-6-17(28)12-18(13)19-10-16(27)11-20-22(19)25(24(32)29-20)8-7-21(31)30-23(25)14-3-2-4-15(26)9-14;1-7-5-6-8(2,3)4/h2-6,9-12,23H,7-8H2,1H3,(H,29,32)(H,30,31);5-6H2,1-4H3/t23-,25-;/m0./s1. The third-order valence-electron chi connectivity index (χ3n) is 7.48. The molecular weight excluding hydrogens is 566 g/mol. The van der Waals surface area contributed by atoms with E-state index in [0.29, 0.717) is 38.8 Å². The highest BCUT2D eigenvalue weighted by Crippen LogP contribution is 2.55. The van der Waals surface area contributed by atoms with Crippen molar-refractivity contribution in [3.8, 4) is 11.1 Å². The number of hydrogen-bond donors (Lipinski definition) is 2. The number of nitrogens with one attached hydrogen (secondary N) is 2. The lowest BCUT2D eigenvalue weighted by molar-refractivity contribution is -0.130. The molecular formula is C31H35Cl2FN2O3Si. The van der Waals surface area contributed by atoms with E-state index in [-0.39, 0.29) is 24.1 Å². The molecule has 0 aliphatic carbocycles. The average molecular weight is 602 g/mol. The number of carbonyl (C=O) groups is 2. The number of benzene rings is 3. The molecule has 2 N–H and O–H groups in total. The number of ether oxygens (including phenoxy) is 1. The van der Waals surface area contributed by atoms with Crippen LogP contribution in [0.25, 0.3) is 11.1 Å². The zero-order valence-electron chi connectivity index (χ0n) is 23.5. The van der Waals surface area contributed by atoms with Gasteiger partial charge >= 0.3 is 0 Å². The Hall–Kier alpha value is -2.71. The van der Waals surface area contributed by atoms with Crippen molar-refractivity contribution < 1.29 is 18.7 Å². The van der Waals surface area contributed by atoms with E-state index in [2.05, 4.69) is 30.3 Å². The Morgan fingerprint density at radius 3 is 2.42 bits per heavy atom. The van der Waals surface area contributed by atoms with Crippen LogP contribution in [0.1, 0.15) is 35.6 Å². The maximum absolute atomic E-state index is 14.2. The number of fused-ring (bicyclic) bond motifs is 2. The van der Waals surface area contributed by atoms with E-state index in [0.717, 1.165) is 17.7 Å². The molecule has 2 atom stereocenters. The highest BCUT2D eigenvalue weighted by Gasteiger charge is 2.56. The molecule has 2 amide bonds. The zero-order valence-corrected chi connectivity index (χ0v) is 26.0. The van der Waals surface area contributed by atoms with Crippen LogP contribution in [0.4, 0.5) is 10.1 Å². The van der Waals surface area contributed by atoms with E-state index in [1.165, 1.54) is 18.2 Å². The Labute approximate surface area is 246 Å². The van der Waals surface area contributed by atoms with E-state index in [1.54, 1.807) is 43.5 Å². The van der Waals surface area contributed by atoms with Crippen LogP contribution in [0.15, 0.2) is 54.6 Å². The zero-order chi connectivity index (χ0) is 29.2. The van der Waals surface area contributed by atoms with Crippen molar-refractivity contribution in [1.29, 1.82) is 0 Å². The van der Waals surface area contributed by atoms with Crippen LogP contribution in [0, 0.1) is 12.7 Å². The van der Waals surface area contributed by atoms with E-state index in [1.807, 2.05) is 13.0 Å². The SMILES string of the molecule is COCC[Si](C)(C)C.Cc1ccc(F)cc1-c1cc(Cl)cc2c1[C@]1(CCC(=O)N[C@H]1c1cccc(Cl)c1)C(=O)N2. The topological polar surface area (TPSA) is 67.4 Å². The lowest BCUT2D eigenvalue weighted by atomic mass is 9.65. The third-order valence-corrected chi connectivity index (χ3v) is 9.63. The number of halogens is 3. The van der Waals surface area contributed by atoms with E-state index < -0.39 is 19.5 Å². The Balaban J connectivity index is 0.000000406. The third kappa shape index (κ3) is 6.28. The lowest BCUT2D eigenvalue weighted by Gasteiger charge is -2.41. The quantitative estimate of drug-likeness (QED) is 0.292. The summed E-state index contributed by atoms with van der Waals surface area (Å²) in [4.78, 5) is 26.1. The molecule has 212 valence electrons. The second kappa shape index (κ2) is 12.0. The molecule has 0 unspecified atom stereocenters. The van der Waals surface area contributed by atoms with Gasteiger partial charge in [0.1, 0.15) is 11.2 Å². The van der Waals surface area contributed by atoms with Gasteiger partial charge < -0.3 is 15.4 Å². The van der Waals surface area contributed by atoms with Gasteiger partial charge in [-0.3, -0.25) is 9.59 Å². The minimum atomic E-state index is -1.09. The van der Waals surface area contributed by atoms with Crippen molar-refractivity contribution >= 4 is 48.8 Å². The summed E-state index contributed by atoms with van der Waals surface area (Å²) < 4.78 is 19.2. The first-order valence-corrected chi connectivity index (χ1v) is 17.8. The van der Waals surface area contributed by atoms with Crippen LogP contribution >= 0.6 is 23.2 Å². The second-order valence-electron chi connectivity index (χ2n) is 11.6. The summed E-state index contributed by atoms with van der Waals surface area (Å²) in [5.74, 6) is -0.747. The minimum absolute atomic E-state index is 0.140. The number of hydrogen-bond acceptors (Lipinski definition) is 3. The number of carbonyl (C=O) groups excluding carboxylic acids is 2. The van der Waals surface area contributed by atoms with Crippen molar-refractivity contribution in [2.45, 2.75) is 56.9 Å². The predicted octanol–water partition coefficient (Wildman–Crippen LogP) is 7.92. The molecule has 1 fully saturated rings. The smallest absolute Gasteiger partial charge is 0.237 e. The van der Waals surface area contributed by atoms with Crippen molar-refractivity contribution in [3.05, 3.63) is 87.2 Å². The molecule has 9 heteroatoms. The van der Waals surface area contributed by atoms with Crippen LogP contribution in [-0.2, 0) is 19.7 Å². The molecule has 0 radical (unpaired) electrons. The number of anilines is 1. The monoisotopic (exact) mass is 600 g/mol. The van der Waals surface area contributed by atoms with Crippen LogP contribution in [0.3, 0.4) is 0 Å². The van der Waals surface area contributed by atoms with Gasteiger partial charge in [0.2, 0.25) is 11.8 Å². The van der Waals surface area contributed by atoms with Gasteiger partial charge in [-0.2, -0.15) is 0 Å². The summed E-state index contributed by atoms with van der Waals surface area (Å²) in [5.41, 5.74) is 3.10. The molecule has 0 bridgehead atoms. The van der Waals surface area contributed by atoms with Gasteiger partial charge in [0.15, 0.2) is 0 Å². The van der Waals surface area contributed by atoms with Gasteiger partial charge in [-0.05, 0) is 78.0 Å². The van der Waals surface area contributed by atoms with E-state index in [4.69, 9.17) is 27.9 Å². The number of rotatable bonds is 5. The fourth-order valence-corrected chi connectivity index (χ4v) is 6.65. The van der Waals surface area contributed by atoms with Gasteiger partial charge in [0.05, 0.1) is 6.04 Å². The largest absolute Gasteiger partial charge is 0.385 e. The second-order valence-corrected chi connectivity index (χ2v) is 18.1. The molecule has 5 nitrogen and oxygen atoms in total. The Morgan fingerprint density at radius 2 is 1.77 bits per heavy atom. The molecule has 2 aliphatic heterocycles. The van der Waals surface area contributed by atoms with E-state index >= 15 is 0 Å². The molecule has 1 saturated heterocycles. The predicted molar refractivity (Wildman–Crippen MR) is 163 cm³/mol. The van der Waals surface area contributed by atoms with Gasteiger partial charge in [0, 0.05) is 49.5 Å². The van der Waals surface area contributed by atoms with Crippen molar-refractivity contribution in [2.24, 2.45) is 0 Å². The first kappa shape index (κ1) is 30.3. The summed E-state index contributed by atoms with van der Waals surface area (Å²) in [6.45, 7) is 9.88. The molecule has 0 aromatic heterocycles. The van der Waals surface area contributed by atoms with Gasteiger partial charge in [-0.25, -0.2) is 4.39 Å². The normalized spacial score (nSPS) is 19.9. The molecule has 3 aromatic rings. The highest BCUT2D eigenvalue weighted by atomic mass is 35.5. The van der Waals surface area contributed by atoms with E-state index in [9.17, 15) is 14.0 Å². The van der Waals surface area contributed by atoms with Crippen LogP contribution in [0.5, 0.6) is 0 Å². The maximum atomic E-state index is 14.2. The summed E-state index contributed by atoms with van der Waals surface area (Å²) in [7, 11) is 0.961. The fraction of sp³-hybridized carbons (Fsp3) is 0.355.